The molecule has 1 saturated carbocycles. The number of morpholine rings is 1. The Bertz CT molecular complexity index is 1430. The number of amides is 2. The van der Waals surface area contributed by atoms with Crippen LogP contribution < -0.4 is 10.1 Å². The molecule has 41 heavy (non-hydrogen) atoms. The summed E-state index contributed by atoms with van der Waals surface area (Å²) in [5.74, 6) is 1.45. The fourth-order valence-corrected chi connectivity index (χ4v) is 4.73. The van der Waals surface area contributed by atoms with Crippen LogP contribution in [0, 0.1) is 17.2 Å². The van der Waals surface area contributed by atoms with Crippen LogP contribution in [0.3, 0.4) is 0 Å². The molecule has 1 aliphatic carbocycles. The molecule has 3 aliphatic rings. The van der Waals surface area contributed by atoms with E-state index in [1.165, 1.54) is 0 Å². The molecule has 2 aromatic rings. The molecule has 2 aliphatic heterocycles. The summed E-state index contributed by atoms with van der Waals surface area (Å²) in [5.41, 5.74) is 2.65. The van der Waals surface area contributed by atoms with Gasteiger partial charge in [-0.05, 0) is 63.0 Å². The molecular formula is C30H35N6O5+. The number of aromatic nitrogens is 1. The molecular weight excluding hydrogens is 524 g/mol. The standard InChI is InChI=1S/C30H34N6O5/c1-30(2,3)41-29(38)33-27(28(37)36-11-13-39-14-12-36)21-8-10-23(32-18-21)22-9-5-19(17-31)15-25(22)40-26-16-24(20-6-7-20)34-35(26)4/h5,8-10,15,18,20,27H,6-7,11-14,16H2,1-4H3/p+1. The second-order valence-electron chi connectivity index (χ2n) is 11.4. The first kappa shape index (κ1) is 28.2. The van der Waals surface area contributed by atoms with Crippen molar-refractivity contribution in [2.75, 3.05) is 33.4 Å². The number of rotatable bonds is 6. The van der Waals surface area contributed by atoms with Crippen LogP contribution in [0.2, 0.25) is 0 Å². The number of hydrazone groups is 1. The van der Waals surface area contributed by atoms with E-state index in [1.54, 1.807) is 66.9 Å². The van der Waals surface area contributed by atoms with E-state index < -0.39 is 17.7 Å². The van der Waals surface area contributed by atoms with Crippen LogP contribution in [0.5, 0.6) is 5.75 Å². The molecule has 1 saturated heterocycles. The Balaban J connectivity index is 1.40. The van der Waals surface area contributed by atoms with E-state index in [0.717, 1.165) is 18.6 Å². The maximum absolute atomic E-state index is 13.5. The van der Waals surface area contributed by atoms with Crippen molar-refractivity contribution in [3.63, 3.8) is 0 Å². The molecule has 11 heteroatoms. The number of alkyl carbamates (subject to hydrolysis) is 1. The molecule has 1 unspecified atom stereocenters. The minimum absolute atomic E-state index is 0.261. The Morgan fingerprint density at radius 1 is 1.20 bits per heavy atom. The van der Waals surface area contributed by atoms with Crippen LogP contribution >= 0.6 is 0 Å². The number of carbonyl (C=O) groups is 2. The Morgan fingerprint density at radius 2 is 1.95 bits per heavy atom. The molecule has 1 N–H and O–H groups in total. The fraction of sp³-hybridized carbons (Fsp3) is 0.467. The SMILES string of the molecule is C[N+]1=C(Oc2cc(C#N)ccc2-c2ccc(C(NC(=O)OC(C)(C)C)C(=O)N3CCOCC3)cn2)CC(C2CC2)=N1. The van der Waals surface area contributed by atoms with Gasteiger partial charge >= 0.3 is 12.0 Å². The summed E-state index contributed by atoms with van der Waals surface area (Å²) in [6, 6.07) is 9.91. The minimum Gasteiger partial charge on any atom is -0.444 e. The van der Waals surface area contributed by atoms with Gasteiger partial charge in [0.05, 0.1) is 30.5 Å². The largest absolute Gasteiger partial charge is 0.444 e. The highest BCUT2D eigenvalue weighted by Gasteiger charge is 2.37. The molecule has 214 valence electrons. The molecule has 11 nitrogen and oxygen atoms in total. The van der Waals surface area contributed by atoms with Gasteiger partial charge in [0.2, 0.25) is 5.91 Å². The third kappa shape index (κ3) is 6.89. The molecule has 3 heterocycles. The molecule has 1 aromatic carbocycles. The van der Waals surface area contributed by atoms with Gasteiger partial charge in [-0.1, -0.05) is 10.8 Å². The van der Waals surface area contributed by atoms with Crippen molar-refractivity contribution in [3.8, 4) is 23.1 Å². The van der Waals surface area contributed by atoms with Crippen LogP contribution in [-0.2, 0) is 14.3 Å². The normalized spacial score (nSPS) is 17.9. The van der Waals surface area contributed by atoms with E-state index in [1.807, 2.05) is 7.05 Å². The lowest BCUT2D eigenvalue weighted by atomic mass is 10.0. The van der Waals surface area contributed by atoms with E-state index in [9.17, 15) is 14.9 Å². The molecule has 2 amide bonds. The predicted molar refractivity (Wildman–Crippen MR) is 150 cm³/mol. The molecule has 2 fully saturated rings. The number of carbonyl (C=O) groups excluding carboxylic acids is 2. The van der Waals surface area contributed by atoms with Crippen molar-refractivity contribution in [1.29, 1.82) is 5.26 Å². The lowest BCUT2D eigenvalue weighted by Crippen LogP contribution is -2.48. The lowest BCUT2D eigenvalue weighted by molar-refractivity contribution is -0.506. The smallest absolute Gasteiger partial charge is 0.408 e. The fourth-order valence-electron chi connectivity index (χ4n) is 4.73. The number of hydrogen-bond acceptors (Lipinski definition) is 8. The first-order valence-corrected chi connectivity index (χ1v) is 13.8. The number of nitriles is 1. The zero-order valence-corrected chi connectivity index (χ0v) is 23.8. The highest BCUT2D eigenvalue weighted by atomic mass is 16.6. The quantitative estimate of drug-likeness (QED) is 0.535. The van der Waals surface area contributed by atoms with Gasteiger partial charge in [-0.2, -0.15) is 5.26 Å². The van der Waals surface area contributed by atoms with Gasteiger partial charge in [0.25, 0.3) is 0 Å². The molecule has 1 atom stereocenters. The highest BCUT2D eigenvalue weighted by Crippen LogP contribution is 2.35. The number of ether oxygens (including phenoxy) is 3. The highest BCUT2D eigenvalue weighted by molar-refractivity contribution is 6.04. The van der Waals surface area contributed by atoms with E-state index in [0.29, 0.717) is 72.7 Å². The van der Waals surface area contributed by atoms with E-state index in [4.69, 9.17) is 14.2 Å². The van der Waals surface area contributed by atoms with Gasteiger partial charge in [0.1, 0.15) is 29.5 Å². The van der Waals surface area contributed by atoms with Crippen molar-refractivity contribution < 1.29 is 28.5 Å². The van der Waals surface area contributed by atoms with Crippen molar-refractivity contribution >= 4 is 23.6 Å². The average molecular weight is 560 g/mol. The van der Waals surface area contributed by atoms with Crippen LogP contribution in [0.25, 0.3) is 11.3 Å². The number of nitrogens with zero attached hydrogens (tertiary/aromatic N) is 5. The third-order valence-electron chi connectivity index (χ3n) is 6.99. The first-order chi connectivity index (χ1) is 19.6. The number of hydrogen-bond donors (Lipinski definition) is 1. The van der Waals surface area contributed by atoms with Gasteiger partial charge in [-0.3, -0.25) is 9.78 Å². The topological polar surface area (TPSA) is 129 Å². The Hall–Kier alpha value is -4.30. The van der Waals surface area contributed by atoms with Gasteiger partial charge < -0.3 is 24.4 Å². The van der Waals surface area contributed by atoms with E-state index >= 15 is 0 Å². The molecule has 0 radical (unpaired) electrons. The average Bonchev–Trinajstić information content (AvgIpc) is 3.74. The van der Waals surface area contributed by atoms with Crippen LogP contribution in [-0.4, -0.2) is 77.1 Å². The van der Waals surface area contributed by atoms with Crippen molar-refractivity contribution in [2.24, 2.45) is 11.0 Å². The Labute approximate surface area is 239 Å². The Morgan fingerprint density at radius 3 is 2.59 bits per heavy atom. The molecule has 0 spiro atoms. The van der Waals surface area contributed by atoms with E-state index in [-0.39, 0.29) is 5.91 Å². The predicted octanol–water partition coefficient (Wildman–Crippen LogP) is 3.63. The second kappa shape index (κ2) is 11.7. The second-order valence-corrected chi connectivity index (χ2v) is 11.4. The maximum atomic E-state index is 13.5. The molecule has 1 aromatic heterocycles. The molecule has 0 bridgehead atoms. The zero-order chi connectivity index (χ0) is 29.1. The summed E-state index contributed by atoms with van der Waals surface area (Å²) in [7, 11) is 1.86. The van der Waals surface area contributed by atoms with Crippen molar-refractivity contribution in [2.45, 2.75) is 51.7 Å². The van der Waals surface area contributed by atoms with Gasteiger partial charge in [0, 0.05) is 36.3 Å². The minimum atomic E-state index is -0.984. The maximum Gasteiger partial charge on any atom is 0.408 e. The number of nitrogens with one attached hydrogen (secondary N) is 1. The summed E-state index contributed by atoms with van der Waals surface area (Å²) in [6.07, 6.45) is 3.82. The third-order valence-corrected chi connectivity index (χ3v) is 6.99. The van der Waals surface area contributed by atoms with Crippen LogP contribution in [0.1, 0.15) is 57.2 Å². The zero-order valence-electron chi connectivity index (χ0n) is 23.8. The number of pyridine rings is 1. The first-order valence-electron chi connectivity index (χ1n) is 13.8. The summed E-state index contributed by atoms with van der Waals surface area (Å²) in [6.45, 7) is 7.03. The summed E-state index contributed by atoms with van der Waals surface area (Å²) >= 11 is 0. The summed E-state index contributed by atoms with van der Waals surface area (Å²) in [4.78, 5) is 32.5. The Kier molecular flexibility index (Phi) is 8.03. The van der Waals surface area contributed by atoms with Gasteiger partial charge in [-0.15, -0.1) is 0 Å². The lowest BCUT2D eigenvalue weighted by Gasteiger charge is -2.31. The monoisotopic (exact) mass is 559 g/mol. The van der Waals surface area contributed by atoms with Crippen molar-refractivity contribution in [1.82, 2.24) is 15.2 Å². The van der Waals surface area contributed by atoms with Gasteiger partial charge in [0.15, 0.2) is 7.05 Å². The van der Waals surface area contributed by atoms with Crippen LogP contribution in [0.15, 0.2) is 41.6 Å². The number of benzene rings is 1. The van der Waals surface area contributed by atoms with E-state index in [2.05, 4.69) is 21.5 Å². The molecule has 5 rings (SSSR count). The summed E-state index contributed by atoms with van der Waals surface area (Å²) in [5, 5.41) is 16.9. The summed E-state index contributed by atoms with van der Waals surface area (Å²) < 4.78 is 18.9. The van der Waals surface area contributed by atoms with Crippen LogP contribution in [0.4, 0.5) is 4.79 Å². The van der Waals surface area contributed by atoms with Gasteiger partial charge in [-0.25, -0.2) is 4.79 Å². The van der Waals surface area contributed by atoms with Crippen molar-refractivity contribution in [3.05, 3.63) is 47.7 Å².